The van der Waals surface area contributed by atoms with E-state index < -0.39 is 22.0 Å². The van der Waals surface area contributed by atoms with Crippen molar-refractivity contribution in [3.63, 3.8) is 0 Å². The summed E-state index contributed by atoms with van der Waals surface area (Å²) >= 11 is 0. The van der Waals surface area contributed by atoms with Crippen LogP contribution in [-0.2, 0) is 14.8 Å². The van der Waals surface area contributed by atoms with Gasteiger partial charge in [-0.1, -0.05) is 18.2 Å². The average molecular weight is 436 g/mol. The van der Waals surface area contributed by atoms with Gasteiger partial charge in [-0.05, 0) is 31.2 Å². The maximum Gasteiger partial charge on any atom is 0.243 e. The van der Waals surface area contributed by atoms with Gasteiger partial charge in [-0.2, -0.15) is 0 Å². The molecule has 0 aromatic heterocycles. The van der Waals surface area contributed by atoms with Gasteiger partial charge >= 0.3 is 0 Å². The predicted octanol–water partition coefficient (Wildman–Crippen LogP) is 2.11. The first kappa shape index (κ1) is 23.3. The number of methoxy groups -OCH3 is 2. The van der Waals surface area contributed by atoms with Crippen molar-refractivity contribution in [3.05, 3.63) is 48.5 Å². The number of para-hydroxylation sites is 1. The molecule has 2 aromatic carbocycles. The van der Waals surface area contributed by atoms with Gasteiger partial charge in [-0.15, -0.1) is 0 Å². The fraction of sp³-hybridized carbons (Fsp3) is 0.381. The van der Waals surface area contributed by atoms with Gasteiger partial charge in [-0.25, -0.2) is 8.42 Å². The lowest BCUT2D eigenvalue weighted by atomic mass is 10.2. The number of nitrogens with zero attached hydrogens (tertiary/aromatic N) is 2. The van der Waals surface area contributed by atoms with E-state index in [0.717, 1.165) is 16.2 Å². The summed E-state index contributed by atoms with van der Waals surface area (Å²) in [5, 5.41) is 2.81. The normalized spacial score (nSPS) is 12.0. The fourth-order valence-corrected chi connectivity index (χ4v) is 4.23. The zero-order valence-electron chi connectivity index (χ0n) is 18.0. The summed E-state index contributed by atoms with van der Waals surface area (Å²) in [4.78, 5) is 14.8. The average Bonchev–Trinajstić information content (AvgIpc) is 2.73. The number of benzene rings is 2. The summed E-state index contributed by atoms with van der Waals surface area (Å²) in [5.41, 5.74) is 1.27. The van der Waals surface area contributed by atoms with Crippen LogP contribution in [0.4, 0.5) is 11.4 Å². The van der Waals surface area contributed by atoms with Crippen LogP contribution < -0.4 is 24.0 Å². The van der Waals surface area contributed by atoms with E-state index in [2.05, 4.69) is 5.32 Å². The van der Waals surface area contributed by atoms with Crippen LogP contribution in [0.25, 0.3) is 0 Å². The Morgan fingerprint density at radius 2 is 1.77 bits per heavy atom. The first-order valence-corrected chi connectivity index (χ1v) is 11.3. The molecule has 0 bridgehead atoms. The number of nitrogens with one attached hydrogen (secondary N) is 1. The van der Waals surface area contributed by atoms with Gasteiger partial charge in [0.15, 0.2) is 0 Å². The lowest BCUT2D eigenvalue weighted by Crippen LogP contribution is -2.49. The van der Waals surface area contributed by atoms with Crippen LogP contribution in [-0.4, -0.2) is 61.0 Å². The van der Waals surface area contributed by atoms with Crippen molar-refractivity contribution < 1.29 is 22.7 Å². The van der Waals surface area contributed by atoms with Crippen molar-refractivity contribution in [1.82, 2.24) is 5.32 Å². The van der Waals surface area contributed by atoms with Crippen LogP contribution in [0.15, 0.2) is 48.5 Å². The van der Waals surface area contributed by atoms with Crippen molar-refractivity contribution in [1.29, 1.82) is 0 Å². The highest BCUT2D eigenvalue weighted by Crippen LogP contribution is 2.35. The lowest BCUT2D eigenvalue weighted by Gasteiger charge is -2.30. The standard InChI is InChI=1S/C21H29N3O5S/c1-16(21(25)22-13-14-23(2)17-9-7-6-8-10-17)24(30(5,26)27)19-15-18(28-3)11-12-20(19)29-4/h6-12,15-16H,13-14H2,1-5H3,(H,22,25)/t16-/m1/s1. The molecule has 1 amide bonds. The monoisotopic (exact) mass is 435 g/mol. The number of hydrogen-bond donors (Lipinski definition) is 1. The summed E-state index contributed by atoms with van der Waals surface area (Å²) in [6.45, 7) is 2.47. The molecule has 0 aliphatic rings. The van der Waals surface area contributed by atoms with Crippen LogP contribution in [0.5, 0.6) is 11.5 Å². The zero-order valence-corrected chi connectivity index (χ0v) is 18.8. The van der Waals surface area contributed by atoms with Crippen molar-refractivity contribution in [2.75, 3.05) is 49.8 Å². The molecule has 9 heteroatoms. The number of sulfonamides is 1. The molecule has 0 spiro atoms. The van der Waals surface area contributed by atoms with E-state index in [0.29, 0.717) is 24.6 Å². The molecule has 0 aliphatic heterocycles. The summed E-state index contributed by atoms with van der Waals surface area (Å²) in [7, 11) is 1.07. The quantitative estimate of drug-likeness (QED) is 0.615. The highest BCUT2D eigenvalue weighted by Gasteiger charge is 2.31. The van der Waals surface area contributed by atoms with Gasteiger partial charge in [-0.3, -0.25) is 9.10 Å². The lowest BCUT2D eigenvalue weighted by molar-refractivity contribution is -0.121. The van der Waals surface area contributed by atoms with Gasteiger partial charge in [0.25, 0.3) is 0 Å². The number of carbonyl (C=O) groups is 1. The highest BCUT2D eigenvalue weighted by atomic mass is 32.2. The minimum Gasteiger partial charge on any atom is -0.497 e. The maximum atomic E-state index is 12.8. The Balaban J connectivity index is 2.16. The highest BCUT2D eigenvalue weighted by molar-refractivity contribution is 7.92. The molecule has 1 atom stereocenters. The summed E-state index contributed by atoms with van der Waals surface area (Å²) in [6, 6.07) is 13.6. The molecule has 2 rings (SSSR count). The second kappa shape index (κ2) is 10.2. The number of anilines is 2. The smallest absolute Gasteiger partial charge is 0.243 e. The second-order valence-electron chi connectivity index (χ2n) is 6.82. The van der Waals surface area contributed by atoms with Gasteiger partial charge in [0.05, 0.1) is 26.2 Å². The van der Waals surface area contributed by atoms with E-state index in [1.54, 1.807) is 12.1 Å². The van der Waals surface area contributed by atoms with Gasteiger partial charge in [0.1, 0.15) is 17.5 Å². The first-order valence-electron chi connectivity index (χ1n) is 9.44. The van der Waals surface area contributed by atoms with Crippen molar-refractivity contribution in [2.24, 2.45) is 0 Å². The van der Waals surface area contributed by atoms with Gasteiger partial charge < -0.3 is 19.7 Å². The molecule has 0 aliphatic carbocycles. The number of carbonyl (C=O) groups excluding carboxylic acids is 1. The zero-order chi connectivity index (χ0) is 22.3. The number of hydrogen-bond acceptors (Lipinski definition) is 6. The van der Waals surface area contributed by atoms with E-state index in [1.807, 2.05) is 42.3 Å². The second-order valence-corrected chi connectivity index (χ2v) is 8.68. The third-order valence-corrected chi connectivity index (χ3v) is 5.88. The molecule has 0 heterocycles. The van der Waals surface area contributed by atoms with E-state index >= 15 is 0 Å². The molecule has 1 N–H and O–H groups in total. The minimum atomic E-state index is -3.78. The molecule has 8 nitrogen and oxygen atoms in total. The Labute approximate surface area is 178 Å². The molecule has 0 saturated heterocycles. The molecule has 0 fully saturated rings. The topological polar surface area (TPSA) is 88.2 Å². The number of ether oxygens (including phenoxy) is 2. The van der Waals surface area contributed by atoms with Crippen LogP contribution in [0.1, 0.15) is 6.92 Å². The van der Waals surface area contributed by atoms with Crippen LogP contribution in [0.3, 0.4) is 0 Å². The first-order chi connectivity index (χ1) is 14.2. The molecular weight excluding hydrogens is 406 g/mol. The molecule has 2 aromatic rings. The van der Waals surface area contributed by atoms with E-state index in [-0.39, 0.29) is 5.69 Å². The SMILES string of the molecule is COc1ccc(OC)c(N([C@H](C)C(=O)NCCN(C)c2ccccc2)S(C)(=O)=O)c1. The molecule has 164 valence electrons. The van der Waals surface area contributed by atoms with Crippen LogP contribution in [0, 0.1) is 0 Å². The third kappa shape index (κ3) is 5.79. The largest absolute Gasteiger partial charge is 0.497 e. The molecule has 30 heavy (non-hydrogen) atoms. The van der Waals surface area contributed by atoms with E-state index in [1.165, 1.54) is 27.2 Å². The van der Waals surface area contributed by atoms with Crippen molar-refractivity contribution in [3.8, 4) is 11.5 Å². The van der Waals surface area contributed by atoms with E-state index in [9.17, 15) is 13.2 Å². The molecule has 0 radical (unpaired) electrons. The Hall–Kier alpha value is -2.94. The van der Waals surface area contributed by atoms with Crippen molar-refractivity contribution in [2.45, 2.75) is 13.0 Å². The van der Waals surface area contributed by atoms with Crippen LogP contribution in [0.2, 0.25) is 0 Å². The number of rotatable bonds is 10. The Morgan fingerprint density at radius 1 is 1.10 bits per heavy atom. The van der Waals surface area contributed by atoms with Gasteiger partial charge in [0.2, 0.25) is 15.9 Å². The Bertz CT molecular complexity index is 950. The summed E-state index contributed by atoms with van der Waals surface area (Å²) in [6.07, 6.45) is 1.05. The maximum absolute atomic E-state index is 12.8. The van der Waals surface area contributed by atoms with Crippen LogP contribution >= 0.6 is 0 Å². The van der Waals surface area contributed by atoms with E-state index in [4.69, 9.17) is 9.47 Å². The molecular formula is C21H29N3O5S. The summed E-state index contributed by atoms with van der Waals surface area (Å²) in [5.74, 6) is 0.369. The van der Waals surface area contributed by atoms with Gasteiger partial charge in [0, 0.05) is 31.9 Å². The fourth-order valence-electron chi connectivity index (χ4n) is 3.06. The van der Waals surface area contributed by atoms with Crippen molar-refractivity contribution >= 4 is 27.3 Å². The third-order valence-electron chi connectivity index (χ3n) is 4.66. The summed E-state index contributed by atoms with van der Waals surface area (Å²) < 4.78 is 36.7. The predicted molar refractivity (Wildman–Crippen MR) is 119 cm³/mol. The minimum absolute atomic E-state index is 0.239. The number of amides is 1. The number of likely N-dealkylation sites (N-methyl/N-ethyl adjacent to an activating group) is 1. The Kier molecular flexibility index (Phi) is 7.93. The Morgan fingerprint density at radius 3 is 2.33 bits per heavy atom. The molecule has 0 unspecified atom stereocenters. The molecule has 0 saturated carbocycles.